The van der Waals surface area contributed by atoms with E-state index in [1.807, 2.05) is 62.4 Å². The number of benzene rings is 2. The zero-order chi connectivity index (χ0) is 23.5. The first-order valence-corrected chi connectivity index (χ1v) is 11.5. The second kappa shape index (κ2) is 9.94. The van der Waals surface area contributed by atoms with Crippen LogP contribution in [0.15, 0.2) is 71.1 Å². The standard InChI is InChI=1S/C27H28ClNO4/c1-16-4-6-19(7-5-16)25-24(27(31)33-13-12-32-3)17(2)29-22-14-20(15-23(30)26(22)25)18-8-10-21(28)11-9-18/h4-11,20,25,29H,12-15H2,1-3H3/t20-,25-/m1/s1. The van der Waals surface area contributed by atoms with Crippen LogP contribution in [0.25, 0.3) is 0 Å². The fraction of sp³-hybridized carbons (Fsp3) is 0.333. The smallest absolute Gasteiger partial charge is 0.336 e. The maximum absolute atomic E-state index is 13.5. The van der Waals surface area contributed by atoms with E-state index in [1.54, 1.807) is 7.11 Å². The van der Waals surface area contributed by atoms with Crippen LogP contribution in [0.4, 0.5) is 0 Å². The summed E-state index contributed by atoms with van der Waals surface area (Å²) < 4.78 is 10.5. The lowest BCUT2D eigenvalue weighted by molar-refractivity contribution is -0.140. The van der Waals surface area contributed by atoms with E-state index in [9.17, 15) is 9.59 Å². The fourth-order valence-corrected chi connectivity index (χ4v) is 4.79. The average Bonchev–Trinajstić information content (AvgIpc) is 2.79. The molecule has 0 unspecified atom stereocenters. The molecule has 0 amide bonds. The number of hydrogen-bond donors (Lipinski definition) is 1. The minimum atomic E-state index is -0.462. The number of esters is 1. The summed E-state index contributed by atoms with van der Waals surface area (Å²) in [7, 11) is 1.56. The predicted molar refractivity (Wildman–Crippen MR) is 128 cm³/mol. The third-order valence-corrected chi connectivity index (χ3v) is 6.57. The summed E-state index contributed by atoms with van der Waals surface area (Å²) >= 11 is 6.05. The Morgan fingerprint density at radius 1 is 1.00 bits per heavy atom. The van der Waals surface area contributed by atoms with Crippen LogP contribution >= 0.6 is 11.6 Å². The van der Waals surface area contributed by atoms with Gasteiger partial charge in [0.2, 0.25) is 0 Å². The number of carbonyl (C=O) groups excluding carboxylic acids is 2. The third kappa shape index (κ3) is 4.90. The van der Waals surface area contributed by atoms with Crippen LogP contribution in [0.5, 0.6) is 0 Å². The quantitative estimate of drug-likeness (QED) is 0.469. The molecule has 4 rings (SSSR count). The molecule has 0 aromatic heterocycles. The first-order valence-electron chi connectivity index (χ1n) is 11.1. The molecule has 2 atom stereocenters. The summed E-state index contributed by atoms with van der Waals surface area (Å²) in [6.07, 6.45) is 1.07. The number of dihydropyridines is 1. The van der Waals surface area contributed by atoms with Gasteiger partial charge in [0, 0.05) is 41.4 Å². The second-order valence-corrected chi connectivity index (χ2v) is 9.04. The molecule has 0 saturated carbocycles. The molecule has 0 radical (unpaired) electrons. The van der Waals surface area contributed by atoms with Crippen molar-refractivity contribution in [2.45, 2.75) is 38.5 Å². The molecule has 0 bridgehead atoms. The summed E-state index contributed by atoms with van der Waals surface area (Å²) in [4.78, 5) is 26.7. The largest absolute Gasteiger partial charge is 0.460 e. The van der Waals surface area contributed by atoms with Gasteiger partial charge < -0.3 is 14.8 Å². The number of ether oxygens (including phenoxy) is 2. The van der Waals surface area contributed by atoms with Crippen LogP contribution in [-0.2, 0) is 19.1 Å². The summed E-state index contributed by atoms with van der Waals surface area (Å²) in [5.74, 6) is -0.788. The van der Waals surface area contributed by atoms with Crippen LogP contribution in [0.2, 0.25) is 5.02 Å². The highest BCUT2D eigenvalue weighted by molar-refractivity contribution is 6.30. The lowest BCUT2D eigenvalue weighted by Crippen LogP contribution is -2.36. The van der Waals surface area contributed by atoms with Crippen molar-refractivity contribution in [3.05, 3.63) is 92.8 Å². The average molecular weight is 466 g/mol. The molecule has 5 nitrogen and oxygen atoms in total. The Morgan fingerprint density at radius 3 is 2.33 bits per heavy atom. The van der Waals surface area contributed by atoms with Crippen molar-refractivity contribution in [1.29, 1.82) is 0 Å². The highest BCUT2D eigenvalue weighted by Gasteiger charge is 2.41. The number of rotatable bonds is 6. The Hall–Kier alpha value is -2.89. The predicted octanol–water partition coefficient (Wildman–Crippen LogP) is 5.20. The van der Waals surface area contributed by atoms with Gasteiger partial charge in [-0.15, -0.1) is 0 Å². The fourth-order valence-electron chi connectivity index (χ4n) is 4.67. The van der Waals surface area contributed by atoms with Crippen LogP contribution in [0.1, 0.15) is 48.3 Å². The molecule has 0 spiro atoms. The number of carbonyl (C=O) groups is 2. The first-order chi connectivity index (χ1) is 15.9. The van der Waals surface area contributed by atoms with E-state index in [0.29, 0.717) is 41.3 Å². The van der Waals surface area contributed by atoms with Crippen molar-refractivity contribution in [3.63, 3.8) is 0 Å². The number of allylic oxidation sites excluding steroid dienone is 3. The van der Waals surface area contributed by atoms with E-state index >= 15 is 0 Å². The third-order valence-electron chi connectivity index (χ3n) is 6.32. The zero-order valence-electron chi connectivity index (χ0n) is 19.1. The molecule has 6 heteroatoms. The van der Waals surface area contributed by atoms with Crippen molar-refractivity contribution in [2.24, 2.45) is 0 Å². The highest BCUT2D eigenvalue weighted by atomic mass is 35.5. The summed E-state index contributed by atoms with van der Waals surface area (Å²) in [5.41, 5.74) is 5.84. The van der Waals surface area contributed by atoms with Crippen molar-refractivity contribution in [3.8, 4) is 0 Å². The number of nitrogens with one attached hydrogen (secondary N) is 1. The molecule has 1 heterocycles. The van der Waals surface area contributed by atoms with E-state index in [4.69, 9.17) is 21.1 Å². The first kappa shape index (κ1) is 23.3. The molecule has 2 aromatic carbocycles. The maximum Gasteiger partial charge on any atom is 0.336 e. The maximum atomic E-state index is 13.5. The van der Waals surface area contributed by atoms with Gasteiger partial charge in [0.1, 0.15) is 6.61 Å². The minimum Gasteiger partial charge on any atom is -0.460 e. The van der Waals surface area contributed by atoms with Gasteiger partial charge in [-0.3, -0.25) is 4.79 Å². The molecular weight excluding hydrogens is 438 g/mol. The lowest BCUT2D eigenvalue weighted by atomic mass is 9.71. The number of Topliss-reactive ketones (excluding diaryl/α,β-unsaturated/α-hetero) is 1. The molecule has 0 saturated heterocycles. The van der Waals surface area contributed by atoms with E-state index in [-0.39, 0.29) is 18.3 Å². The van der Waals surface area contributed by atoms with Gasteiger partial charge in [0.05, 0.1) is 12.2 Å². The van der Waals surface area contributed by atoms with E-state index in [2.05, 4.69) is 5.32 Å². The van der Waals surface area contributed by atoms with Gasteiger partial charge in [-0.05, 0) is 49.4 Å². The number of halogens is 1. The van der Waals surface area contributed by atoms with E-state index in [0.717, 1.165) is 22.4 Å². The van der Waals surface area contributed by atoms with Gasteiger partial charge >= 0.3 is 5.97 Å². The second-order valence-electron chi connectivity index (χ2n) is 8.61. The minimum absolute atomic E-state index is 0.0453. The molecular formula is C27H28ClNO4. The Balaban J connectivity index is 1.73. The molecule has 2 aromatic rings. The molecule has 1 aliphatic heterocycles. The summed E-state index contributed by atoms with van der Waals surface area (Å²) in [6, 6.07) is 15.7. The number of methoxy groups -OCH3 is 1. The van der Waals surface area contributed by atoms with Crippen molar-refractivity contribution >= 4 is 23.4 Å². The van der Waals surface area contributed by atoms with Gasteiger partial charge in [-0.2, -0.15) is 0 Å². The van der Waals surface area contributed by atoms with Crippen LogP contribution < -0.4 is 5.32 Å². The number of ketones is 1. The van der Waals surface area contributed by atoms with Gasteiger partial charge in [-0.25, -0.2) is 4.79 Å². The van der Waals surface area contributed by atoms with Gasteiger partial charge in [-0.1, -0.05) is 53.6 Å². The lowest BCUT2D eigenvalue weighted by Gasteiger charge is -2.36. The summed E-state index contributed by atoms with van der Waals surface area (Å²) in [5, 5.41) is 4.05. The molecule has 172 valence electrons. The van der Waals surface area contributed by atoms with Crippen molar-refractivity contribution < 1.29 is 19.1 Å². The normalized spacial score (nSPS) is 20.4. The SMILES string of the molecule is COCCOC(=O)C1=C(C)NC2=C(C(=O)C[C@H](c3ccc(Cl)cc3)C2)[C@@H]1c1ccc(C)cc1. The van der Waals surface area contributed by atoms with E-state index in [1.165, 1.54) is 0 Å². The molecule has 1 N–H and O–H groups in total. The molecule has 1 aliphatic carbocycles. The zero-order valence-corrected chi connectivity index (χ0v) is 19.9. The van der Waals surface area contributed by atoms with Gasteiger partial charge in [0.25, 0.3) is 0 Å². The summed E-state index contributed by atoms with van der Waals surface area (Å²) in [6.45, 7) is 4.36. The monoisotopic (exact) mass is 465 g/mol. The number of aryl methyl sites for hydroxylation is 1. The Labute approximate surface area is 199 Å². The van der Waals surface area contributed by atoms with Crippen LogP contribution in [0.3, 0.4) is 0 Å². The Kier molecular flexibility index (Phi) is 7.01. The van der Waals surface area contributed by atoms with Crippen molar-refractivity contribution in [1.82, 2.24) is 5.32 Å². The number of hydrogen-bond acceptors (Lipinski definition) is 5. The topological polar surface area (TPSA) is 64.6 Å². The van der Waals surface area contributed by atoms with Crippen molar-refractivity contribution in [2.75, 3.05) is 20.3 Å². The Morgan fingerprint density at radius 2 is 1.67 bits per heavy atom. The molecule has 33 heavy (non-hydrogen) atoms. The molecule has 0 fully saturated rings. The highest BCUT2D eigenvalue weighted by Crippen LogP contribution is 2.45. The van der Waals surface area contributed by atoms with Crippen LogP contribution in [-0.4, -0.2) is 32.1 Å². The van der Waals surface area contributed by atoms with Crippen LogP contribution in [0, 0.1) is 6.92 Å². The molecule has 2 aliphatic rings. The van der Waals surface area contributed by atoms with Gasteiger partial charge in [0.15, 0.2) is 5.78 Å². The van der Waals surface area contributed by atoms with E-state index < -0.39 is 11.9 Å². The Bertz CT molecular complexity index is 1120.